The van der Waals surface area contributed by atoms with Crippen LogP contribution in [-0.2, 0) is 14.1 Å². The lowest BCUT2D eigenvalue weighted by Gasteiger charge is -2.64. The van der Waals surface area contributed by atoms with E-state index in [-0.39, 0.29) is 35.6 Å². The number of aromatic nitrogens is 2. The first-order valence-electron chi connectivity index (χ1n) is 17.0. The van der Waals surface area contributed by atoms with Crippen LogP contribution in [0, 0.1) is 30.1 Å². The monoisotopic (exact) mass is 651 g/mol. The molecule has 2 aromatic carbocycles. The summed E-state index contributed by atoms with van der Waals surface area (Å²) in [5.74, 6) is -0.650. The van der Waals surface area contributed by atoms with Crippen molar-refractivity contribution in [2.24, 2.45) is 23.2 Å². The van der Waals surface area contributed by atoms with Gasteiger partial charge in [0.2, 0.25) is 5.91 Å². The molecule has 3 amide bonds. The minimum absolute atomic E-state index is 0.0365. The molecule has 3 aliphatic carbocycles. The molecule has 0 spiro atoms. The minimum Gasteiger partial charge on any atom is -0.404 e. The summed E-state index contributed by atoms with van der Waals surface area (Å²) in [6.07, 6.45) is 5.58. The molecule has 1 saturated heterocycles. The number of hydrogen-bond donors (Lipinski definition) is 3. The van der Waals surface area contributed by atoms with Crippen LogP contribution in [0.2, 0.25) is 0 Å². The van der Waals surface area contributed by atoms with Crippen LogP contribution in [0.3, 0.4) is 0 Å². The van der Waals surface area contributed by atoms with Gasteiger partial charge >= 0.3 is 7.12 Å². The molecule has 0 unspecified atom stereocenters. The highest BCUT2D eigenvalue weighted by molar-refractivity contribution is 6.48. The van der Waals surface area contributed by atoms with Crippen LogP contribution in [-0.4, -0.2) is 65.0 Å². The highest BCUT2D eigenvalue weighted by Crippen LogP contribution is 2.65. The molecule has 3 saturated carbocycles. The lowest BCUT2D eigenvalue weighted by Crippen LogP contribution is -2.65. The highest BCUT2D eigenvalue weighted by Gasteiger charge is 2.68. The smallest absolute Gasteiger partial charge is 0.404 e. The SMILES string of the molecule is Cc1ccc(C(=O)NC[C@H](NC(=O)c2cncc(-c3ccccc3)n2)C(=O)N[C@@H](CC(C)C)B2O[C@@H]3C[C@H]4C[C@@H](C4(C)C)[C@]3(C)O2)cc1. The molecule has 252 valence electrons. The molecule has 10 nitrogen and oxygen atoms in total. The fourth-order valence-corrected chi connectivity index (χ4v) is 7.77. The van der Waals surface area contributed by atoms with Gasteiger partial charge < -0.3 is 25.3 Å². The van der Waals surface area contributed by atoms with Crippen LogP contribution >= 0.6 is 0 Å². The zero-order valence-electron chi connectivity index (χ0n) is 28.7. The number of amides is 3. The van der Waals surface area contributed by atoms with Crippen molar-refractivity contribution in [2.45, 2.75) is 84.5 Å². The molecular formula is C37H46BN5O5. The molecule has 3 aromatic rings. The van der Waals surface area contributed by atoms with E-state index in [0.717, 1.165) is 24.0 Å². The number of nitrogens with one attached hydrogen (secondary N) is 3. The maximum atomic E-state index is 14.1. The van der Waals surface area contributed by atoms with E-state index in [1.165, 1.54) is 6.20 Å². The summed E-state index contributed by atoms with van der Waals surface area (Å²) in [7, 11) is -0.631. The predicted octanol–water partition coefficient (Wildman–Crippen LogP) is 4.78. The number of nitrogens with zero attached hydrogens (tertiary/aromatic N) is 2. The summed E-state index contributed by atoms with van der Waals surface area (Å²) in [5.41, 5.74) is 2.63. The van der Waals surface area contributed by atoms with Crippen LogP contribution in [0.4, 0.5) is 0 Å². The Balaban J connectivity index is 1.21. The van der Waals surface area contributed by atoms with Crippen molar-refractivity contribution in [3.63, 3.8) is 0 Å². The normalized spacial score (nSPS) is 25.0. The third kappa shape index (κ3) is 6.76. The van der Waals surface area contributed by atoms with Crippen molar-refractivity contribution in [3.8, 4) is 11.3 Å². The number of benzene rings is 2. The van der Waals surface area contributed by atoms with Crippen molar-refractivity contribution >= 4 is 24.8 Å². The van der Waals surface area contributed by atoms with Crippen LogP contribution in [0.25, 0.3) is 11.3 Å². The van der Waals surface area contributed by atoms with Crippen LogP contribution in [0.1, 0.15) is 80.3 Å². The lowest BCUT2D eigenvalue weighted by atomic mass is 9.43. The Kier molecular flexibility index (Phi) is 9.46. The molecule has 4 fully saturated rings. The van der Waals surface area contributed by atoms with Gasteiger partial charge in [0.25, 0.3) is 11.8 Å². The third-order valence-corrected chi connectivity index (χ3v) is 10.7. The Bertz CT molecular complexity index is 1650. The zero-order valence-corrected chi connectivity index (χ0v) is 28.7. The third-order valence-electron chi connectivity index (χ3n) is 10.7. The Labute approximate surface area is 283 Å². The number of hydrogen-bond acceptors (Lipinski definition) is 7. The summed E-state index contributed by atoms with van der Waals surface area (Å²) in [6.45, 7) is 12.8. The van der Waals surface area contributed by atoms with E-state index in [0.29, 0.717) is 29.5 Å². The van der Waals surface area contributed by atoms with E-state index in [4.69, 9.17) is 9.31 Å². The summed E-state index contributed by atoms with van der Waals surface area (Å²) in [5, 5.41) is 8.78. The first kappa shape index (κ1) is 33.8. The van der Waals surface area contributed by atoms with Gasteiger partial charge in [0.05, 0.1) is 35.7 Å². The summed E-state index contributed by atoms with van der Waals surface area (Å²) in [6, 6.07) is 15.4. The molecule has 6 atom stereocenters. The van der Waals surface area contributed by atoms with Crippen molar-refractivity contribution in [3.05, 3.63) is 83.8 Å². The second-order valence-electron chi connectivity index (χ2n) is 14.8. The summed E-state index contributed by atoms with van der Waals surface area (Å²) < 4.78 is 13.3. The Morgan fingerprint density at radius 3 is 2.38 bits per heavy atom. The van der Waals surface area contributed by atoms with Gasteiger partial charge in [-0.15, -0.1) is 0 Å². The minimum atomic E-state index is -1.12. The average Bonchev–Trinajstić information content (AvgIpc) is 3.44. The Hall–Kier alpha value is -4.09. The first-order chi connectivity index (χ1) is 22.8. The van der Waals surface area contributed by atoms with Gasteiger partial charge in [0, 0.05) is 17.7 Å². The molecular weight excluding hydrogens is 605 g/mol. The average molecular weight is 652 g/mol. The predicted molar refractivity (Wildman–Crippen MR) is 184 cm³/mol. The number of aryl methyl sites for hydroxylation is 1. The summed E-state index contributed by atoms with van der Waals surface area (Å²) in [4.78, 5) is 49.5. The van der Waals surface area contributed by atoms with E-state index in [1.54, 1.807) is 18.3 Å². The van der Waals surface area contributed by atoms with Gasteiger partial charge in [-0.2, -0.15) is 0 Å². The zero-order chi connectivity index (χ0) is 34.2. The largest absolute Gasteiger partial charge is 0.481 e. The molecule has 11 heteroatoms. The van der Waals surface area contributed by atoms with E-state index in [9.17, 15) is 14.4 Å². The van der Waals surface area contributed by atoms with Gasteiger partial charge in [0.15, 0.2) is 0 Å². The maximum absolute atomic E-state index is 14.1. The first-order valence-corrected chi connectivity index (χ1v) is 17.0. The molecule has 2 bridgehead atoms. The molecule has 1 aliphatic heterocycles. The van der Waals surface area contributed by atoms with Crippen molar-refractivity contribution in [2.75, 3.05) is 6.54 Å². The van der Waals surface area contributed by atoms with Gasteiger partial charge in [-0.05, 0) is 68.4 Å². The second-order valence-corrected chi connectivity index (χ2v) is 14.8. The van der Waals surface area contributed by atoms with Gasteiger partial charge in [-0.1, -0.05) is 75.7 Å². The van der Waals surface area contributed by atoms with E-state index < -0.39 is 36.5 Å². The van der Waals surface area contributed by atoms with Crippen molar-refractivity contribution in [1.29, 1.82) is 0 Å². The quantitative estimate of drug-likeness (QED) is 0.255. The Morgan fingerprint density at radius 1 is 0.958 bits per heavy atom. The Morgan fingerprint density at radius 2 is 1.69 bits per heavy atom. The van der Waals surface area contributed by atoms with Crippen molar-refractivity contribution < 1.29 is 23.7 Å². The van der Waals surface area contributed by atoms with Gasteiger partial charge in [-0.3, -0.25) is 19.4 Å². The van der Waals surface area contributed by atoms with Crippen LogP contribution < -0.4 is 16.0 Å². The fourth-order valence-electron chi connectivity index (χ4n) is 7.77. The number of carbonyl (C=O) groups is 3. The van der Waals surface area contributed by atoms with Crippen LogP contribution in [0.15, 0.2) is 67.0 Å². The molecule has 2 heterocycles. The fraction of sp³-hybridized carbons (Fsp3) is 0.486. The molecule has 4 aliphatic rings. The molecule has 0 radical (unpaired) electrons. The maximum Gasteiger partial charge on any atom is 0.481 e. The number of rotatable bonds is 11. The standard InChI is InChI=1S/C37H46BN5O5/c1-22(2)16-32(38-47-31-18-26-17-30(36(26,4)5)37(31,6)48-38)43-35(46)29(21-40-33(44)25-14-12-23(3)13-15-25)42-34(45)28-20-39-19-27(41-28)24-10-8-7-9-11-24/h7-15,19-20,22,26,29-32H,16-18,21H2,1-6H3,(H,40,44)(H,42,45)(H,43,46)/t26-,29+,30+,31-,32+,37+/m1/s1. The number of carbonyl (C=O) groups excluding carboxylic acids is 3. The highest BCUT2D eigenvalue weighted by atomic mass is 16.7. The second kappa shape index (κ2) is 13.4. The van der Waals surface area contributed by atoms with Gasteiger partial charge in [0.1, 0.15) is 11.7 Å². The van der Waals surface area contributed by atoms with Gasteiger partial charge in [-0.25, -0.2) is 4.98 Å². The van der Waals surface area contributed by atoms with E-state index in [2.05, 4.69) is 60.5 Å². The molecule has 7 rings (SSSR count). The van der Waals surface area contributed by atoms with Crippen LogP contribution in [0.5, 0.6) is 0 Å². The topological polar surface area (TPSA) is 132 Å². The van der Waals surface area contributed by atoms with Crippen molar-refractivity contribution in [1.82, 2.24) is 25.9 Å². The molecule has 3 N–H and O–H groups in total. The molecule has 48 heavy (non-hydrogen) atoms. The summed E-state index contributed by atoms with van der Waals surface area (Å²) >= 11 is 0. The lowest BCUT2D eigenvalue weighted by molar-refractivity contribution is -0.199. The van der Waals surface area contributed by atoms with E-state index in [1.807, 2.05) is 49.4 Å². The van der Waals surface area contributed by atoms with E-state index >= 15 is 0 Å². The molecule has 1 aromatic heterocycles.